The molecule has 0 unspecified atom stereocenters. The van der Waals surface area contributed by atoms with Crippen molar-refractivity contribution in [1.29, 1.82) is 0 Å². The third kappa shape index (κ3) is 3.36. The van der Waals surface area contributed by atoms with Crippen LogP contribution in [0.4, 0.5) is 4.39 Å². The van der Waals surface area contributed by atoms with E-state index in [1.165, 1.54) is 12.1 Å². The molecule has 0 radical (unpaired) electrons. The predicted molar refractivity (Wildman–Crippen MR) is 128 cm³/mol. The lowest BCUT2D eigenvalue weighted by molar-refractivity contribution is 0.101. The van der Waals surface area contributed by atoms with Gasteiger partial charge < -0.3 is 4.42 Å². The first-order valence-electron chi connectivity index (χ1n) is 10.8. The lowest BCUT2D eigenvalue weighted by atomic mass is 10.0. The van der Waals surface area contributed by atoms with Gasteiger partial charge in [0.15, 0.2) is 11.4 Å². The van der Waals surface area contributed by atoms with Crippen molar-refractivity contribution < 1.29 is 13.6 Å². The van der Waals surface area contributed by atoms with Gasteiger partial charge in [0, 0.05) is 28.8 Å². The number of aromatic nitrogens is 3. The van der Waals surface area contributed by atoms with Crippen molar-refractivity contribution in [2.45, 2.75) is 6.92 Å². The van der Waals surface area contributed by atoms with Crippen LogP contribution >= 0.6 is 0 Å². The lowest BCUT2D eigenvalue weighted by Gasteiger charge is -2.04. The SMILES string of the molecule is Cc1ccc(C(=O)c2oc3ccccc3c2-c2ccn3nc(-c4ccc(F)cc4)cc3n2)cc1. The number of rotatable bonds is 4. The Hall–Kier alpha value is -4.58. The van der Waals surface area contributed by atoms with Crippen molar-refractivity contribution in [3.8, 4) is 22.5 Å². The molecule has 6 heteroatoms. The number of nitrogens with zero attached hydrogens (tertiary/aromatic N) is 3. The largest absolute Gasteiger partial charge is 0.452 e. The second-order valence-electron chi connectivity index (χ2n) is 8.15. The van der Waals surface area contributed by atoms with E-state index >= 15 is 0 Å². The molecular weight excluding hydrogens is 429 g/mol. The average Bonchev–Trinajstić information content (AvgIpc) is 3.46. The standard InChI is InChI=1S/C28H18FN3O2/c1-17-6-8-19(9-7-17)27(33)28-26(21-4-2-3-5-24(21)34-28)22-14-15-32-25(30-22)16-23(31-32)18-10-12-20(29)13-11-18/h2-16H,1H3. The molecule has 34 heavy (non-hydrogen) atoms. The van der Waals surface area contributed by atoms with Gasteiger partial charge in [-0.2, -0.15) is 5.10 Å². The third-order valence-corrected chi connectivity index (χ3v) is 5.84. The van der Waals surface area contributed by atoms with Gasteiger partial charge in [-0.15, -0.1) is 0 Å². The van der Waals surface area contributed by atoms with E-state index in [1.54, 1.807) is 35.0 Å². The highest BCUT2D eigenvalue weighted by Gasteiger charge is 2.24. The summed E-state index contributed by atoms with van der Waals surface area (Å²) in [6, 6.07) is 24.8. The summed E-state index contributed by atoms with van der Waals surface area (Å²) in [4.78, 5) is 18.2. The van der Waals surface area contributed by atoms with E-state index in [0.717, 1.165) is 16.5 Å². The highest BCUT2D eigenvalue weighted by Crippen LogP contribution is 2.35. The van der Waals surface area contributed by atoms with E-state index in [2.05, 4.69) is 5.10 Å². The van der Waals surface area contributed by atoms with Crippen LogP contribution in [0.25, 0.3) is 39.1 Å². The van der Waals surface area contributed by atoms with Crippen molar-refractivity contribution >= 4 is 22.4 Å². The molecule has 6 rings (SSSR count). The fourth-order valence-electron chi connectivity index (χ4n) is 4.08. The molecular formula is C28H18FN3O2. The number of fused-ring (bicyclic) bond motifs is 2. The Kier molecular flexibility index (Phi) is 4.59. The Morgan fingerprint density at radius 1 is 0.912 bits per heavy atom. The fourth-order valence-corrected chi connectivity index (χ4v) is 4.08. The predicted octanol–water partition coefficient (Wildman–Crippen LogP) is 6.49. The second-order valence-corrected chi connectivity index (χ2v) is 8.15. The molecule has 0 fully saturated rings. The molecule has 3 aromatic heterocycles. The van der Waals surface area contributed by atoms with E-state index in [0.29, 0.717) is 33.7 Å². The van der Waals surface area contributed by atoms with Crippen LogP contribution in [0.3, 0.4) is 0 Å². The van der Waals surface area contributed by atoms with E-state index in [4.69, 9.17) is 9.40 Å². The monoisotopic (exact) mass is 447 g/mol. The molecule has 0 atom stereocenters. The molecule has 0 aliphatic rings. The van der Waals surface area contributed by atoms with E-state index in [1.807, 2.05) is 55.5 Å². The molecule has 6 aromatic rings. The summed E-state index contributed by atoms with van der Waals surface area (Å²) in [7, 11) is 0. The first kappa shape index (κ1) is 20.1. The second kappa shape index (κ2) is 7.78. The summed E-state index contributed by atoms with van der Waals surface area (Å²) in [6.45, 7) is 1.98. The van der Waals surface area contributed by atoms with Crippen LogP contribution in [0.5, 0.6) is 0 Å². The molecule has 3 heterocycles. The van der Waals surface area contributed by atoms with Crippen LogP contribution in [-0.4, -0.2) is 20.4 Å². The van der Waals surface area contributed by atoms with E-state index in [-0.39, 0.29) is 17.4 Å². The number of carbonyl (C=O) groups is 1. The highest BCUT2D eigenvalue weighted by molar-refractivity contribution is 6.15. The Morgan fingerprint density at radius 3 is 2.47 bits per heavy atom. The minimum Gasteiger partial charge on any atom is -0.452 e. The number of ketones is 1. The topological polar surface area (TPSA) is 60.4 Å². The van der Waals surface area contributed by atoms with Crippen LogP contribution in [-0.2, 0) is 0 Å². The Labute approximate surface area is 194 Å². The molecule has 0 aliphatic heterocycles. The van der Waals surface area contributed by atoms with Crippen LogP contribution in [0.1, 0.15) is 21.7 Å². The van der Waals surface area contributed by atoms with Crippen molar-refractivity contribution in [3.05, 3.63) is 114 Å². The van der Waals surface area contributed by atoms with E-state index < -0.39 is 0 Å². The summed E-state index contributed by atoms with van der Waals surface area (Å²) >= 11 is 0. The summed E-state index contributed by atoms with van der Waals surface area (Å²) in [6.07, 6.45) is 1.80. The molecule has 0 N–H and O–H groups in total. The molecule has 0 aliphatic carbocycles. The summed E-state index contributed by atoms with van der Waals surface area (Å²) in [5.74, 6) is -0.251. The minimum absolute atomic E-state index is 0.201. The smallest absolute Gasteiger partial charge is 0.228 e. The molecule has 5 nitrogen and oxygen atoms in total. The quantitative estimate of drug-likeness (QED) is 0.290. The number of halogens is 1. The fraction of sp³-hybridized carbons (Fsp3) is 0.0357. The molecule has 0 saturated carbocycles. The zero-order valence-corrected chi connectivity index (χ0v) is 18.2. The average molecular weight is 447 g/mol. The normalized spacial score (nSPS) is 11.4. The van der Waals surface area contributed by atoms with Crippen molar-refractivity contribution in [2.24, 2.45) is 0 Å². The van der Waals surface area contributed by atoms with Crippen molar-refractivity contribution in [1.82, 2.24) is 14.6 Å². The maximum Gasteiger partial charge on any atom is 0.228 e. The van der Waals surface area contributed by atoms with E-state index in [9.17, 15) is 9.18 Å². The lowest BCUT2D eigenvalue weighted by Crippen LogP contribution is -2.02. The van der Waals surface area contributed by atoms with Gasteiger partial charge in [-0.1, -0.05) is 48.0 Å². The minimum atomic E-state index is -0.300. The molecule has 164 valence electrons. The van der Waals surface area contributed by atoms with Crippen LogP contribution in [0, 0.1) is 12.7 Å². The summed E-state index contributed by atoms with van der Waals surface area (Å²) < 4.78 is 21.0. The van der Waals surface area contributed by atoms with Crippen LogP contribution < -0.4 is 0 Å². The summed E-state index contributed by atoms with van der Waals surface area (Å²) in [5, 5.41) is 5.37. The van der Waals surface area contributed by atoms with Crippen molar-refractivity contribution in [2.75, 3.05) is 0 Å². The zero-order valence-electron chi connectivity index (χ0n) is 18.2. The van der Waals surface area contributed by atoms with Crippen LogP contribution in [0.2, 0.25) is 0 Å². The maximum absolute atomic E-state index is 13.4. The highest BCUT2D eigenvalue weighted by atomic mass is 19.1. The molecule has 0 bridgehead atoms. The van der Waals surface area contributed by atoms with Gasteiger partial charge in [0.05, 0.1) is 17.0 Å². The zero-order chi connectivity index (χ0) is 23.2. The number of hydrogen-bond donors (Lipinski definition) is 0. The van der Waals surface area contributed by atoms with Gasteiger partial charge in [-0.25, -0.2) is 13.9 Å². The number of para-hydroxylation sites is 1. The number of hydrogen-bond acceptors (Lipinski definition) is 4. The molecule has 0 saturated heterocycles. The number of benzene rings is 3. The summed E-state index contributed by atoms with van der Waals surface area (Å²) in [5.41, 5.74) is 5.58. The molecule has 0 spiro atoms. The Bertz CT molecular complexity index is 1680. The van der Waals surface area contributed by atoms with Gasteiger partial charge in [0.25, 0.3) is 0 Å². The maximum atomic E-state index is 13.4. The van der Waals surface area contributed by atoms with Crippen molar-refractivity contribution in [3.63, 3.8) is 0 Å². The number of aryl methyl sites for hydroxylation is 1. The number of carbonyl (C=O) groups excluding carboxylic acids is 1. The molecule has 0 amide bonds. The Morgan fingerprint density at radius 2 is 1.68 bits per heavy atom. The van der Waals surface area contributed by atoms with Gasteiger partial charge in [-0.3, -0.25) is 4.79 Å². The van der Waals surface area contributed by atoms with Gasteiger partial charge in [0.2, 0.25) is 5.78 Å². The molecule has 3 aromatic carbocycles. The third-order valence-electron chi connectivity index (χ3n) is 5.84. The van der Waals surface area contributed by atoms with Gasteiger partial charge in [-0.05, 0) is 43.3 Å². The van der Waals surface area contributed by atoms with Gasteiger partial charge >= 0.3 is 0 Å². The van der Waals surface area contributed by atoms with Crippen LogP contribution in [0.15, 0.2) is 95.5 Å². The van der Waals surface area contributed by atoms with Gasteiger partial charge in [0.1, 0.15) is 11.4 Å². The first-order chi connectivity index (χ1) is 16.6. The first-order valence-corrected chi connectivity index (χ1v) is 10.8. The number of furan rings is 1. The Balaban J connectivity index is 1.50.